The number of nitrogen functional groups attached to an aromatic ring is 1. The van der Waals surface area contributed by atoms with Crippen molar-refractivity contribution in [3.05, 3.63) is 71.8 Å². The van der Waals surface area contributed by atoms with Crippen LogP contribution in [0.25, 0.3) is 10.8 Å². The number of nitrogens with zero attached hydrogens (tertiary/aromatic N) is 2. The fourth-order valence-corrected chi connectivity index (χ4v) is 4.69. The van der Waals surface area contributed by atoms with Crippen molar-refractivity contribution in [1.29, 1.82) is 10.8 Å². The zero-order valence-corrected chi connectivity index (χ0v) is 22.4. The summed E-state index contributed by atoms with van der Waals surface area (Å²) in [6, 6.07) is 18.2. The van der Waals surface area contributed by atoms with Gasteiger partial charge in [-0.25, -0.2) is 0 Å². The Labute approximate surface area is 228 Å². The predicted octanol–water partition coefficient (Wildman–Crippen LogP) is 4.56. The lowest BCUT2D eigenvalue weighted by Crippen LogP contribution is -2.40. The zero-order valence-electron chi connectivity index (χ0n) is 22.4. The molecule has 0 atom stereocenters. The fourth-order valence-electron chi connectivity index (χ4n) is 4.69. The summed E-state index contributed by atoms with van der Waals surface area (Å²) in [5.74, 6) is 0.631. The quantitative estimate of drug-likeness (QED) is 0.211. The number of ether oxygens (including phenoxy) is 2. The van der Waals surface area contributed by atoms with Crippen molar-refractivity contribution >= 4 is 40.0 Å². The molecule has 204 valence electrons. The number of carbonyl (C=O) groups excluding carboxylic acids is 2. The minimum absolute atomic E-state index is 0.0395. The average molecular weight is 530 g/mol. The molecule has 1 aliphatic rings. The largest absolute Gasteiger partial charge is 0.490 e. The Kier molecular flexibility index (Phi) is 8.81. The van der Waals surface area contributed by atoms with Crippen LogP contribution in [0.4, 0.5) is 5.69 Å². The molecule has 3 aromatic carbocycles. The smallest absolute Gasteiger partial charge is 0.307 e. The molecule has 0 aromatic heterocycles. The third-order valence-corrected chi connectivity index (χ3v) is 6.86. The van der Waals surface area contributed by atoms with E-state index >= 15 is 0 Å². The van der Waals surface area contributed by atoms with Crippen LogP contribution in [0.2, 0.25) is 0 Å². The van der Waals surface area contributed by atoms with Gasteiger partial charge < -0.3 is 25.0 Å². The molecular weight excluding hydrogens is 494 g/mol. The Hall–Kier alpha value is -4.40. The van der Waals surface area contributed by atoms with Gasteiger partial charge in [0.15, 0.2) is 0 Å². The monoisotopic (exact) mass is 529 g/mol. The Morgan fingerprint density at radius 1 is 0.974 bits per heavy atom. The molecule has 1 heterocycles. The van der Waals surface area contributed by atoms with Crippen molar-refractivity contribution < 1.29 is 19.1 Å². The molecule has 1 saturated heterocycles. The average Bonchev–Trinajstić information content (AvgIpc) is 2.93. The maximum atomic E-state index is 13.7. The third kappa shape index (κ3) is 6.93. The molecule has 0 bridgehead atoms. The van der Waals surface area contributed by atoms with Gasteiger partial charge in [-0.2, -0.15) is 0 Å². The van der Waals surface area contributed by atoms with E-state index in [2.05, 4.69) is 0 Å². The van der Waals surface area contributed by atoms with Gasteiger partial charge in [0.05, 0.1) is 18.9 Å². The molecule has 0 saturated carbocycles. The number of nitrogens with one attached hydrogen (secondary N) is 2. The van der Waals surface area contributed by atoms with Gasteiger partial charge in [-0.05, 0) is 67.1 Å². The minimum atomic E-state index is -0.369. The molecule has 9 heteroatoms. The highest BCUT2D eigenvalue weighted by Crippen LogP contribution is 2.26. The van der Waals surface area contributed by atoms with E-state index in [9.17, 15) is 9.59 Å². The van der Waals surface area contributed by atoms with E-state index in [0.29, 0.717) is 28.4 Å². The second-order valence-electron chi connectivity index (χ2n) is 9.59. The van der Waals surface area contributed by atoms with Gasteiger partial charge in [-0.15, -0.1) is 0 Å². The summed E-state index contributed by atoms with van der Waals surface area (Å²) >= 11 is 0. The first-order chi connectivity index (χ1) is 18.7. The molecule has 0 aliphatic carbocycles. The van der Waals surface area contributed by atoms with Crippen LogP contribution in [-0.4, -0.2) is 60.8 Å². The first kappa shape index (κ1) is 27.6. The van der Waals surface area contributed by atoms with Crippen LogP contribution in [-0.2, 0) is 9.53 Å². The summed E-state index contributed by atoms with van der Waals surface area (Å²) in [6.07, 6.45) is 1.82. The summed E-state index contributed by atoms with van der Waals surface area (Å²) in [6.45, 7) is 5.59. The number of carbonyl (C=O) groups is 2. The van der Waals surface area contributed by atoms with Crippen LogP contribution in [0.3, 0.4) is 0 Å². The topological polar surface area (TPSA) is 133 Å². The number of esters is 1. The van der Waals surface area contributed by atoms with Gasteiger partial charge in [0.1, 0.15) is 17.7 Å². The van der Waals surface area contributed by atoms with Gasteiger partial charge in [0, 0.05) is 49.3 Å². The number of rotatable bonds is 9. The molecule has 4 N–H and O–H groups in total. The number of nitrogens with two attached hydrogens (primary N) is 1. The number of hydrogen-bond acceptors (Lipinski definition) is 6. The molecule has 4 rings (SSSR count). The second-order valence-corrected chi connectivity index (χ2v) is 9.59. The lowest BCUT2D eigenvalue weighted by molar-refractivity contribution is -0.142. The number of amides is 1. The van der Waals surface area contributed by atoms with Gasteiger partial charge in [0.25, 0.3) is 5.91 Å². The van der Waals surface area contributed by atoms with Gasteiger partial charge in [-0.3, -0.25) is 20.4 Å². The highest BCUT2D eigenvalue weighted by molar-refractivity contribution is 6.09. The van der Waals surface area contributed by atoms with Crippen LogP contribution in [0.1, 0.15) is 49.0 Å². The van der Waals surface area contributed by atoms with Crippen molar-refractivity contribution in [2.75, 3.05) is 31.1 Å². The van der Waals surface area contributed by atoms with Crippen molar-refractivity contribution in [1.82, 2.24) is 4.90 Å². The van der Waals surface area contributed by atoms with E-state index in [1.54, 1.807) is 43.0 Å². The van der Waals surface area contributed by atoms with Crippen molar-refractivity contribution in [2.45, 2.75) is 39.2 Å². The van der Waals surface area contributed by atoms with E-state index in [1.165, 1.54) is 0 Å². The minimum Gasteiger partial charge on any atom is -0.490 e. The summed E-state index contributed by atoms with van der Waals surface area (Å²) < 4.78 is 11.3. The maximum Gasteiger partial charge on any atom is 0.307 e. The highest BCUT2D eigenvalue weighted by Gasteiger charge is 2.22. The molecular formula is C30H35N5O4. The van der Waals surface area contributed by atoms with E-state index < -0.39 is 0 Å². The molecule has 0 spiro atoms. The Morgan fingerprint density at radius 3 is 2.23 bits per heavy atom. The van der Waals surface area contributed by atoms with E-state index in [4.69, 9.17) is 26.0 Å². The van der Waals surface area contributed by atoms with Crippen LogP contribution >= 0.6 is 0 Å². The SMILES string of the molecule is CCOC(=O)CCN(C(=O)c1ccc2ccc(C(=N)N)cc2c1)c1ccc(OC2CCN(C(C)=N)CC2)cc1. The van der Waals surface area contributed by atoms with Crippen LogP contribution in [0, 0.1) is 10.8 Å². The summed E-state index contributed by atoms with van der Waals surface area (Å²) in [7, 11) is 0. The number of amidine groups is 2. The number of piperidine rings is 1. The van der Waals surface area contributed by atoms with Crippen LogP contribution < -0.4 is 15.4 Å². The van der Waals surface area contributed by atoms with Crippen LogP contribution in [0.5, 0.6) is 5.75 Å². The summed E-state index contributed by atoms with van der Waals surface area (Å²) in [5, 5.41) is 17.2. The van der Waals surface area contributed by atoms with Crippen molar-refractivity contribution in [3.8, 4) is 5.75 Å². The number of anilines is 1. The van der Waals surface area contributed by atoms with Crippen molar-refractivity contribution in [2.24, 2.45) is 5.73 Å². The predicted molar refractivity (Wildman–Crippen MR) is 153 cm³/mol. The van der Waals surface area contributed by atoms with Crippen molar-refractivity contribution in [3.63, 3.8) is 0 Å². The van der Waals surface area contributed by atoms with E-state index in [-0.39, 0.29) is 43.4 Å². The molecule has 1 aliphatic heterocycles. The third-order valence-electron chi connectivity index (χ3n) is 6.86. The van der Waals surface area contributed by atoms with Gasteiger partial charge in [0.2, 0.25) is 0 Å². The summed E-state index contributed by atoms with van der Waals surface area (Å²) in [5.41, 5.74) is 7.34. The normalized spacial score (nSPS) is 13.6. The van der Waals surface area contributed by atoms with Gasteiger partial charge >= 0.3 is 5.97 Å². The number of likely N-dealkylation sites (tertiary alicyclic amines) is 1. The molecule has 0 unspecified atom stereocenters. The highest BCUT2D eigenvalue weighted by atomic mass is 16.5. The van der Waals surface area contributed by atoms with E-state index in [1.807, 2.05) is 41.3 Å². The van der Waals surface area contributed by atoms with E-state index in [0.717, 1.165) is 36.7 Å². The first-order valence-electron chi connectivity index (χ1n) is 13.2. The number of hydrogen-bond donors (Lipinski definition) is 3. The van der Waals surface area contributed by atoms with Gasteiger partial charge in [-0.1, -0.05) is 18.2 Å². The lowest BCUT2D eigenvalue weighted by Gasteiger charge is -2.32. The Balaban J connectivity index is 1.54. The number of fused-ring (bicyclic) bond motifs is 1. The second kappa shape index (κ2) is 12.4. The molecule has 3 aromatic rings. The van der Waals surface area contributed by atoms with Crippen LogP contribution in [0.15, 0.2) is 60.7 Å². The lowest BCUT2D eigenvalue weighted by atomic mass is 10.0. The molecule has 0 radical (unpaired) electrons. The first-order valence-corrected chi connectivity index (χ1v) is 13.2. The fraction of sp³-hybridized carbons (Fsp3) is 0.333. The maximum absolute atomic E-state index is 13.7. The molecule has 1 fully saturated rings. The molecule has 9 nitrogen and oxygen atoms in total. The molecule has 1 amide bonds. The molecule has 39 heavy (non-hydrogen) atoms. The summed E-state index contributed by atoms with van der Waals surface area (Å²) in [4.78, 5) is 29.5. The Morgan fingerprint density at radius 2 is 1.62 bits per heavy atom. The number of benzene rings is 3. The zero-order chi connectivity index (χ0) is 27.9. The Bertz CT molecular complexity index is 1360. The standard InChI is InChI=1S/C30H35N5O4/c1-3-38-28(36)14-17-35(30(37)23-7-5-21-4-6-22(29(32)33)18-24(21)19-23)25-8-10-26(11-9-25)39-27-12-15-34(16-13-27)20(2)31/h4-11,18-19,27,31H,3,12-17H2,1-2H3,(H3,32,33).